The molecule has 0 radical (unpaired) electrons. The van der Waals surface area contributed by atoms with E-state index in [1.165, 1.54) is 25.9 Å². The summed E-state index contributed by atoms with van der Waals surface area (Å²) in [5.41, 5.74) is 1.81. The molecule has 0 aromatic heterocycles. The summed E-state index contributed by atoms with van der Waals surface area (Å²) in [6.45, 7) is 7.05. The molecule has 1 aliphatic rings. The van der Waals surface area contributed by atoms with Gasteiger partial charge in [0, 0.05) is 13.1 Å². The Morgan fingerprint density at radius 2 is 1.88 bits per heavy atom. The van der Waals surface area contributed by atoms with E-state index in [0.29, 0.717) is 13.1 Å². The molecule has 1 fully saturated rings. The van der Waals surface area contributed by atoms with Crippen LogP contribution in [0, 0.1) is 5.92 Å². The van der Waals surface area contributed by atoms with Gasteiger partial charge in [-0.1, -0.05) is 31.2 Å². The number of aliphatic hydroxyl groups excluding tert-OH is 1. The molecule has 5 heteroatoms. The number of nitrogens with one attached hydrogen (secondary N) is 2. The highest BCUT2D eigenvalue weighted by Gasteiger charge is 2.14. The van der Waals surface area contributed by atoms with Crippen LogP contribution in [-0.2, 0) is 13.2 Å². The zero-order chi connectivity index (χ0) is 17.2. The van der Waals surface area contributed by atoms with Crippen LogP contribution in [0.15, 0.2) is 24.3 Å². The van der Waals surface area contributed by atoms with Crippen molar-refractivity contribution in [3.8, 4) is 0 Å². The largest absolute Gasteiger partial charge is 0.392 e. The average Bonchev–Trinajstić information content (AvgIpc) is 2.61. The molecule has 24 heavy (non-hydrogen) atoms. The van der Waals surface area contributed by atoms with E-state index in [2.05, 4.69) is 22.5 Å². The summed E-state index contributed by atoms with van der Waals surface area (Å²) in [7, 11) is 0. The zero-order valence-corrected chi connectivity index (χ0v) is 14.8. The fourth-order valence-corrected chi connectivity index (χ4v) is 3.07. The van der Waals surface area contributed by atoms with Crippen LogP contribution in [0.2, 0.25) is 0 Å². The molecule has 0 saturated carbocycles. The summed E-state index contributed by atoms with van der Waals surface area (Å²) in [6.07, 6.45) is 4.76. The number of benzene rings is 1. The lowest BCUT2D eigenvalue weighted by Gasteiger charge is -2.30. The Labute approximate surface area is 145 Å². The van der Waals surface area contributed by atoms with Gasteiger partial charge in [0.15, 0.2) is 0 Å². The van der Waals surface area contributed by atoms with E-state index in [0.717, 1.165) is 36.4 Å². The van der Waals surface area contributed by atoms with Crippen molar-refractivity contribution >= 4 is 6.03 Å². The number of carbonyl (C=O) groups is 1. The zero-order valence-electron chi connectivity index (χ0n) is 14.8. The molecule has 134 valence electrons. The molecule has 0 unspecified atom stereocenters. The van der Waals surface area contributed by atoms with E-state index in [1.54, 1.807) is 0 Å². The molecule has 2 amide bonds. The predicted octanol–water partition coefficient (Wildman–Crippen LogP) is 2.49. The van der Waals surface area contributed by atoms with Crippen LogP contribution in [-0.4, -0.2) is 42.2 Å². The summed E-state index contributed by atoms with van der Waals surface area (Å²) in [5, 5.41) is 15.0. The monoisotopic (exact) mass is 333 g/mol. The molecule has 0 spiro atoms. The number of hydrogen-bond donors (Lipinski definition) is 3. The minimum absolute atomic E-state index is 0.00521. The summed E-state index contributed by atoms with van der Waals surface area (Å²) in [5.74, 6) is 0.877. The first-order valence-electron chi connectivity index (χ1n) is 9.10. The van der Waals surface area contributed by atoms with Crippen molar-refractivity contribution in [2.45, 2.75) is 45.8 Å². The van der Waals surface area contributed by atoms with E-state index in [4.69, 9.17) is 0 Å². The predicted molar refractivity (Wildman–Crippen MR) is 96.7 cm³/mol. The van der Waals surface area contributed by atoms with Crippen molar-refractivity contribution in [1.29, 1.82) is 0 Å². The minimum atomic E-state index is -0.144. The normalized spacial score (nSPS) is 16.1. The molecule has 0 atom stereocenters. The van der Waals surface area contributed by atoms with Gasteiger partial charge in [-0.15, -0.1) is 0 Å². The Morgan fingerprint density at radius 3 is 2.58 bits per heavy atom. The van der Waals surface area contributed by atoms with Gasteiger partial charge in [-0.25, -0.2) is 4.79 Å². The number of rotatable bonds is 8. The maximum atomic E-state index is 11.8. The number of carbonyl (C=O) groups excluding carboxylic acids is 1. The van der Waals surface area contributed by atoms with Gasteiger partial charge in [0.1, 0.15) is 0 Å². The second-order valence-electron chi connectivity index (χ2n) is 6.77. The number of unbranched alkanes of at least 4 members (excludes halogenated alkanes) is 1. The topological polar surface area (TPSA) is 64.6 Å². The number of likely N-dealkylation sites (tertiary alicyclic amines) is 1. The van der Waals surface area contributed by atoms with Gasteiger partial charge >= 0.3 is 6.03 Å². The van der Waals surface area contributed by atoms with Crippen molar-refractivity contribution < 1.29 is 9.90 Å². The molecule has 3 N–H and O–H groups in total. The fourth-order valence-electron chi connectivity index (χ4n) is 3.07. The fraction of sp³-hybridized carbons (Fsp3) is 0.632. The van der Waals surface area contributed by atoms with Gasteiger partial charge in [0.2, 0.25) is 0 Å². The maximum absolute atomic E-state index is 11.8. The highest BCUT2D eigenvalue weighted by atomic mass is 16.3. The van der Waals surface area contributed by atoms with Crippen LogP contribution in [0.25, 0.3) is 0 Å². The Balaban J connectivity index is 1.53. The second-order valence-corrected chi connectivity index (χ2v) is 6.77. The SMILES string of the molecule is CC1CCN(CCCCNC(=O)NCc2ccccc2CO)CC1. The van der Waals surface area contributed by atoms with E-state index in [-0.39, 0.29) is 12.6 Å². The van der Waals surface area contributed by atoms with E-state index < -0.39 is 0 Å². The van der Waals surface area contributed by atoms with Crippen molar-refractivity contribution in [1.82, 2.24) is 15.5 Å². The highest BCUT2D eigenvalue weighted by molar-refractivity contribution is 5.73. The van der Waals surface area contributed by atoms with Gasteiger partial charge < -0.3 is 20.6 Å². The molecule has 0 bridgehead atoms. The van der Waals surface area contributed by atoms with Crippen molar-refractivity contribution in [3.63, 3.8) is 0 Å². The molecular weight excluding hydrogens is 302 g/mol. The third-order valence-electron chi connectivity index (χ3n) is 4.79. The van der Waals surface area contributed by atoms with E-state index in [9.17, 15) is 9.90 Å². The second kappa shape index (κ2) is 10.3. The molecule has 0 aliphatic carbocycles. The van der Waals surface area contributed by atoms with Crippen LogP contribution in [0.5, 0.6) is 0 Å². The van der Waals surface area contributed by atoms with Gasteiger partial charge in [0.05, 0.1) is 6.61 Å². The highest BCUT2D eigenvalue weighted by Crippen LogP contribution is 2.16. The average molecular weight is 333 g/mol. The lowest BCUT2D eigenvalue weighted by atomic mass is 9.99. The molecule has 1 aromatic carbocycles. The van der Waals surface area contributed by atoms with Crippen LogP contribution in [0.4, 0.5) is 4.79 Å². The molecule has 1 aliphatic heterocycles. The van der Waals surface area contributed by atoms with Gasteiger partial charge in [-0.2, -0.15) is 0 Å². The lowest BCUT2D eigenvalue weighted by molar-refractivity contribution is 0.189. The minimum Gasteiger partial charge on any atom is -0.392 e. The molecule has 1 aromatic rings. The molecule has 2 rings (SSSR count). The number of aliphatic hydroxyl groups is 1. The Hall–Kier alpha value is -1.59. The third kappa shape index (κ3) is 6.49. The summed E-state index contributed by atoms with van der Waals surface area (Å²) in [4.78, 5) is 14.4. The smallest absolute Gasteiger partial charge is 0.315 e. The number of piperidine rings is 1. The summed E-state index contributed by atoms with van der Waals surface area (Å²) < 4.78 is 0. The van der Waals surface area contributed by atoms with Crippen LogP contribution < -0.4 is 10.6 Å². The lowest BCUT2D eigenvalue weighted by Crippen LogP contribution is -2.36. The number of urea groups is 1. The molecule has 1 heterocycles. The number of nitrogens with zero attached hydrogens (tertiary/aromatic N) is 1. The van der Waals surface area contributed by atoms with Crippen molar-refractivity contribution in [3.05, 3.63) is 35.4 Å². The van der Waals surface area contributed by atoms with Crippen LogP contribution >= 0.6 is 0 Å². The summed E-state index contributed by atoms with van der Waals surface area (Å²) in [6, 6.07) is 7.45. The first-order chi connectivity index (χ1) is 11.7. The third-order valence-corrected chi connectivity index (χ3v) is 4.79. The number of amides is 2. The Bertz CT molecular complexity index is 499. The van der Waals surface area contributed by atoms with Crippen molar-refractivity contribution in [2.24, 2.45) is 5.92 Å². The molecule has 5 nitrogen and oxygen atoms in total. The summed E-state index contributed by atoms with van der Waals surface area (Å²) >= 11 is 0. The van der Waals surface area contributed by atoms with Crippen LogP contribution in [0.3, 0.4) is 0 Å². The van der Waals surface area contributed by atoms with E-state index in [1.807, 2.05) is 24.3 Å². The molecule has 1 saturated heterocycles. The Kier molecular flexibility index (Phi) is 8.05. The van der Waals surface area contributed by atoms with Gasteiger partial charge in [0.25, 0.3) is 0 Å². The van der Waals surface area contributed by atoms with Gasteiger partial charge in [-0.3, -0.25) is 0 Å². The first kappa shape index (κ1) is 18.7. The van der Waals surface area contributed by atoms with Crippen molar-refractivity contribution in [2.75, 3.05) is 26.2 Å². The van der Waals surface area contributed by atoms with Gasteiger partial charge in [-0.05, 0) is 62.4 Å². The Morgan fingerprint density at radius 1 is 1.17 bits per heavy atom. The quantitative estimate of drug-likeness (QED) is 0.641. The van der Waals surface area contributed by atoms with E-state index >= 15 is 0 Å². The maximum Gasteiger partial charge on any atom is 0.315 e. The number of hydrogen-bond acceptors (Lipinski definition) is 3. The standard InChI is InChI=1S/C19H31N3O2/c1-16-8-12-22(13-9-16)11-5-4-10-20-19(24)21-14-17-6-2-3-7-18(17)15-23/h2-3,6-7,16,23H,4-5,8-15H2,1H3,(H2,20,21,24). The van der Waals surface area contributed by atoms with Crippen LogP contribution in [0.1, 0.15) is 43.7 Å². The first-order valence-corrected chi connectivity index (χ1v) is 9.10. The molecular formula is C19H31N3O2.